The molecule has 0 spiro atoms. The maximum Gasteiger partial charge on any atom is 0.310 e. The van der Waals surface area contributed by atoms with Gasteiger partial charge in [-0.2, -0.15) is 0 Å². The Balaban J connectivity index is 4.48. The molecule has 0 aliphatic heterocycles. The zero-order chi connectivity index (χ0) is 14.3. The summed E-state index contributed by atoms with van der Waals surface area (Å²) in [6.45, 7) is 9.80. The first-order valence-corrected chi connectivity index (χ1v) is 6.80. The lowest BCUT2D eigenvalue weighted by Crippen LogP contribution is -2.40. The molecule has 0 aliphatic rings. The van der Waals surface area contributed by atoms with Gasteiger partial charge in [-0.25, -0.2) is 0 Å². The summed E-state index contributed by atoms with van der Waals surface area (Å²) in [5.74, 6) is -0.518. The number of carboxylic acid groups (broad SMARTS) is 1. The van der Waals surface area contributed by atoms with Crippen molar-refractivity contribution < 1.29 is 14.7 Å². The number of carboxylic acids is 1. The van der Waals surface area contributed by atoms with E-state index in [4.69, 9.17) is 0 Å². The van der Waals surface area contributed by atoms with Crippen LogP contribution in [0.15, 0.2) is 0 Å². The summed E-state index contributed by atoms with van der Waals surface area (Å²) in [6.07, 6.45) is 1.93. The van der Waals surface area contributed by atoms with Crippen molar-refractivity contribution in [3.63, 3.8) is 0 Å². The molecule has 4 nitrogen and oxygen atoms in total. The first kappa shape index (κ1) is 16.9. The van der Waals surface area contributed by atoms with E-state index in [1.54, 1.807) is 0 Å². The molecule has 0 aliphatic carbocycles. The Kier molecular flexibility index (Phi) is 6.96. The van der Waals surface area contributed by atoms with Gasteiger partial charge >= 0.3 is 5.97 Å². The number of amides is 1. The summed E-state index contributed by atoms with van der Waals surface area (Å²) in [5, 5.41) is 12.2. The standard InChI is InChI=1S/C14H27NO3/c1-6-14(7-2,13(17)18)9-12(16)15-11(5)8-10(3)4/h10-11H,6-9H2,1-5H3,(H,15,16)(H,17,18). The van der Waals surface area contributed by atoms with Crippen LogP contribution in [0, 0.1) is 11.3 Å². The van der Waals surface area contributed by atoms with Crippen molar-refractivity contribution in [2.45, 2.75) is 66.3 Å². The Labute approximate surface area is 110 Å². The van der Waals surface area contributed by atoms with Crippen LogP contribution in [-0.4, -0.2) is 23.0 Å². The molecule has 1 atom stereocenters. The lowest BCUT2D eigenvalue weighted by Gasteiger charge is -2.27. The van der Waals surface area contributed by atoms with E-state index in [-0.39, 0.29) is 18.4 Å². The van der Waals surface area contributed by atoms with E-state index in [1.165, 1.54) is 0 Å². The van der Waals surface area contributed by atoms with Gasteiger partial charge in [0.1, 0.15) is 0 Å². The molecule has 0 saturated heterocycles. The predicted octanol–water partition coefficient (Wildman–Crippen LogP) is 2.82. The quantitative estimate of drug-likeness (QED) is 0.702. The molecule has 2 N–H and O–H groups in total. The average Bonchev–Trinajstić information content (AvgIpc) is 2.24. The van der Waals surface area contributed by atoms with Crippen LogP contribution in [0.3, 0.4) is 0 Å². The molecule has 0 saturated carbocycles. The highest BCUT2D eigenvalue weighted by molar-refractivity contribution is 5.85. The smallest absolute Gasteiger partial charge is 0.310 e. The molecular weight excluding hydrogens is 230 g/mol. The van der Waals surface area contributed by atoms with E-state index in [9.17, 15) is 14.7 Å². The summed E-state index contributed by atoms with van der Waals surface area (Å²) >= 11 is 0. The molecule has 0 rings (SSSR count). The average molecular weight is 257 g/mol. The summed E-state index contributed by atoms with van der Waals surface area (Å²) in [7, 11) is 0. The van der Waals surface area contributed by atoms with E-state index >= 15 is 0 Å². The number of carbonyl (C=O) groups is 2. The molecule has 0 aromatic heterocycles. The third kappa shape index (κ3) is 5.07. The Morgan fingerprint density at radius 1 is 1.17 bits per heavy atom. The third-order valence-electron chi connectivity index (χ3n) is 3.54. The van der Waals surface area contributed by atoms with Crippen molar-refractivity contribution in [3.8, 4) is 0 Å². The lowest BCUT2D eigenvalue weighted by atomic mass is 9.79. The lowest BCUT2D eigenvalue weighted by molar-refractivity contribution is -0.152. The van der Waals surface area contributed by atoms with Gasteiger partial charge in [-0.1, -0.05) is 27.7 Å². The van der Waals surface area contributed by atoms with Gasteiger partial charge in [-0.3, -0.25) is 9.59 Å². The SMILES string of the molecule is CCC(CC)(CC(=O)NC(C)CC(C)C)C(=O)O. The number of hydrogen-bond acceptors (Lipinski definition) is 2. The van der Waals surface area contributed by atoms with Crippen molar-refractivity contribution in [2.24, 2.45) is 11.3 Å². The number of aliphatic carboxylic acids is 1. The van der Waals surface area contributed by atoms with Crippen molar-refractivity contribution in [1.82, 2.24) is 5.32 Å². The molecule has 1 amide bonds. The fourth-order valence-electron chi connectivity index (χ4n) is 2.28. The van der Waals surface area contributed by atoms with E-state index < -0.39 is 11.4 Å². The fourth-order valence-corrected chi connectivity index (χ4v) is 2.28. The van der Waals surface area contributed by atoms with Gasteiger partial charge in [-0.05, 0) is 32.1 Å². The zero-order valence-electron chi connectivity index (χ0n) is 12.2. The molecule has 0 radical (unpaired) electrons. The molecule has 0 heterocycles. The van der Waals surface area contributed by atoms with E-state index in [2.05, 4.69) is 19.2 Å². The highest BCUT2D eigenvalue weighted by atomic mass is 16.4. The van der Waals surface area contributed by atoms with Gasteiger partial charge in [0.25, 0.3) is 0 Å². The summed E-state index contributed by atoms with van der Waals surface area (Å²) in [5.41, 5.74) is -0.915. The predicted molar refractivity (Wildman–Crippen MR) is 72.3 cm³/mol. The number of nitrogens with one attached hydrogen (secondary N) is 1. The highest BCUT2D eigenvalue weighted by Crippen LogP contribution is 2.30. The van der Waals surface area contributed by atoms with Crippen LogP contribution in [0.25, 0.3) is 0 Å². The Morgan fingerprint density at radius 3 is 2.00 bits per heavy atom. The van der Waals surface area contributed by atoms with Gasteiger partial charge in [0.05, 0.1) is 5.41 Å². The molecule has 4 heteroatoms. The molecule has 18 heavy (non-hydrogen) atoms. The summed E-state index contributed by atoms with van der Waals surface area (Å²) in [6, 6.07) is 0.0951. The number of hydrogen-bond donors (Lipinski definition) is 2. The van der Waals surface area contributed by atoms with Gasteiger partial charge < -0.3 is 10.4 Å². The second-order valence-electron chi connectivity index (χ2n) is 5.57. The molecule has 1 unspecified atom stereocenters. The first-order valence-electron chi connectivity index (χ1n) is 6.80. The minimum absolute atomic E-state index is 0.0672. The minimum Gasteiger partial charge on any atom is -0.481 e. The van der Waals surface area contributed by atoms with E-state index in [0.29, 0.717) is 18.8 Å². The van der Waals surface area contributed by atoms with Crippen LogP contribution in [0.1, 0.15) is 60.3 Å². The molecule has 0 aromatic rings. The largest absolute Gasteiger partial charge is 0.481 e. The van der Waals surface area contributed by atoms with Gasteiger partial charge in [0.15, 0.2) is 0 Å². The van der Waals surface area contributed by atoms with Crippen molar-refractivity contribution in [2.75, 3.05) is 0 Å². The molecule has 0 aromatic carbocycles. The molecule has 0 fully saturated rings. The summed E-state index contributed by atoms with van der Waals surface area (Å²) < 4.78 is 0. The molecular formula is C14H27NO3. The monoisotopic (exact) mass is 257 g/mol. The number of rotatable bonds is 8. The van der Waals surface area contributed by atoms with Gasteiger partial charge in [-0.15, -0.1) is 0 Å². The Hall–Kier alpha value is -1.06. The van der Waals surface area contributed by atoms with Crippen molar-refractivity contribution in [1.29, 1.82) is 0 Å². The van der Waals surface area contributed by atoms with Crippen molar-refractivity contribution in [3.05, 3.63) is 0 Å². The van der Waals surface area contributed by atoms with Crippen LogP contribution in [0.2, 0.25) is 0 Å². The minimum atomic E-state index is -0.915. The van der Waals surface area contributed by atoms with Gasteiger partial charge in [0, 0.05) is 12.5 Å². The molecule has 0 bridgehead atoms. The Morgan fingerprint density at radius 2 is 1.67 bits per heavy atom. The van der Waals surface area contributed by atoms with E-state index in [0.717, 1.165) is 6.42 Å². The van der Waals surface area contributed by atoms with Crippen LogP contribution < -0.4 is 5.32 Å². The number of carbonyl (C=O) groups excluding carboxylic acids is 1. The maximum absolute atomic E-state index is 11.9. The normalized spacial score (nSPS) is 13.4. The third-order valence-corrected chi connectivity index (χ3v) is 3.54. The first-order chi connectivity index (χ1) is 8.27. The zero-order valence-corrected chi connectivity index (χ0v) is 12.2. The Bertz CT molecular complexity index is 283. The summed E-state index contributed by atoms with van der Waals surface area (Å²) in [4.78, 5) is 23.2. The highest BCUT2D eigenvalue weighted by Gasteiger charge is 2.37. The maximum atomic E-state index is 11.9. The van der Waals surface area contributed by atoms with Crippen LogP contribution in [-0.2, 0) is 9.59 Å². The van der Waals surface area contributed by atoms with Gasteiger partial charge in [0.2, 0.25) is 5.91 Å². The van der Waals surface area contributed by atoms with E-state index in [1.807, 2.05) is 20.8 Å². The second-order valence-corrected chi connectivity index (χ2v) is 5.57. The second kappa shape index (κ2) is 7.39. The van der Waals surface area contributed by atoms with Crippen LogP contribution in [0.5, 0.6) is 0 Å². The van der Waals surface area contributed by atoms with Crippen LogP contribution in [0.4, 0.5) is 0 Å². The van der Waals surface area contributed by atoms with Crippen LogP contribution >= 0.6 is 0 Å². The molecule has 106 valence electrons. The topological polar surface area (TPSA) is 66.4 Å². The fraction of sp³-hybridized carbons (Fsp3) is 0.857. The van der Waals surface area contributed by atoms with Crippen molar-refractivity contribution >= 4 is 11.9 Å².